The van der Waals surface area contributed by atoms with E-state index in [0.717, 1.165) is 55.4 Å². The van der Waals surface area contributed by atoms with E-state index < -0.39 is 0 Å². The van der Waals surface area contributed by atoms with E-state index in [2.05, 4.69) is 70.7 Å². The fourth-order valence-electron chi connectivity index (χ4n) is 4.82. The van der Waals surface area contributed by atoms with Crippen molar-refractivity contribution in [1.82, 2.24) is 15.6 Å². The van der Waals surface area contributed by atoms with Gasteiger partial charge in [-0.25, -0.2) is 0 Å². The van der Waals surface area contributed by atoms with Crippen molar-refractivity contribution < 1.29 is 9.59 Å². The summed E-state index contributed by atoms with van der Waals surface area (Å²) >= 11 is 0. The number of allylic oxidation sites excluding steroid dienone is 3. The minimum Gasteiger partial charge on any atom is -0.403 e. The smallest absolute Gasteiger partial charge is 0.252 e. The number of hydrogen-bond acceptors (Lipinski definition) is 5. The average Bonchev–Trinajstić information content (AvgIpc) is 2.84. The first kappa shape index (κ1) is 34.1. The van der Waals surface area contributed by atoms with Gasteiger partial charge >= 0.3 is 0 Å². The van der Waals surface area contributed by atoms with E-state index in [1.807, 2.05) is 25.1 Å². The quantitative estimate of drug-likeness (QED) is 0.0885. The van der Waals surface area contributed by atoms with E-state index in [9.17, 15) is 9.59 Å². The van der Waals surface area contributed by atoms with Crippen LogP contribution in [0.5, 0.6) is 0 Å². The van der Waals surface area contributed by atoms with Crippen LogP contribution in [0.4, 0.5) is 0 Å². The van der Waals surface area contributed by atoms with Gasteiger partial charge in [0.2, 0.25) is 0 Å². The molecule has 0 aliphatic rings. The van der Waals surface area contributed by atoms with Gasteiger partial charge in [0.25, 0.3) is 11.8 Å². The lowest BCUT2D eigenvalue weighted by Crippen LogP contribution is -2.42. The van der Waals surface area contributed by atoms with Crippen molar-refractivity contribution in [2.75, 3.05) is 6.54 Å². The summed E-state index contributed by atoms with van der Waals surface area (Å²) in [6, 6.07) is 3.76. The van der Waals surface area contributed by atoms with Crippen molar-refractivity contribution in [3.05, 3.63) is 64.7 Å². The zero-order chi connectivity index (χ0) is 29.8. The number of aromatic nitrogens is 1. The number of hydrogen-bond donors (Lipinski definition) is 4. The predicted molar refractivity (Wildman–Crippen MR) is 163 cm³/mol. The Morgan fingerprint density at radius 1 is 1.10 bits per heavy atom. The largest absolute Gasteiger partial charge is 0.403 e. The molecule has 1 atom stereocenters. The van der Waals surface area contributed by atoms with Crippen LogP contribution in [0.2, 0.25) is 0 Å². The molecule has 0 aliphatic carbocycles. The van der Waals surface area contributed by atoms with E-state index in [0.29, 0.717) is 29.8 Å². The maximum Gasteiger partial charge on any atom is 0.252 e. The van der Waals surface area contributed by atoms with Crippen LogP contribution in [0.25, 0.3) is 0 Å². The van der Waals surface area contributed by atoms with Crippen LogP contribution in [-0.2, 0) is 10.2 Å². The molecule has 7 nitrogen and oxygen atoms in total. The lowest BCUT2D eigenvalue weighted by molar-refractivity contribution is -0.117. The molecule has 0 saturated heterocycles. The second kappa shape index (κ2) is 15.6. The minimum atomic E-state index is -0.352. The van der Waals surface area contributed by atoms with Crippen molar-refractivity contribution >= 4 is 11.8 Å². The summed E-state index contributed by atoms with van der Waals surface area (Å²) in [5.74, 6) is -0.257. The Kier molecular flexibility index (Phi) is 13.6. The predicted octanol–water partition coefficient (Wildman–Crippen LogP) is 6.02. The van der Waals surface area contributed by atoms with Gasteiger partial charge in [-0.15, -0.1) is 0 Å². The van der Waals surface area contributed by atoms with E-state index >= 15 is 0 Å². The van der Waals surface area contributed by atoms with Gasteiger partial charge in [0.15, 0.2) is 0 Å². The van der Waals surface area contributed by atoms with Crippen LogP contribution in [0.15, 0.2) is 53.4 Å². The molecular formula is C32H53N5O2. The Hall–Kier alpha value is -2.93. The van der Waals surface area contributed by atoms with Gasteiger partial charge < -0.3 is 22.1 Å². The topological polar surface area (TPSA) is 123 Å². The number of amides is 2. The molecular weight excluding hydrogens is 486 g/mol. The van der Waals surface area contributed by atoms with Gasteiger partial charge in [-0.05, 0) is 63.5 Å². The molecule has 0 radical (unpaired) electrons. The molecule has 0 spiro atoms. The van der Waals surface area contributed by atoms with Crippen LogP contribution in [0, 0.1) is 5.41 Å². The molecule has 6 N–H and O–H groups in total. The number of rotatable bonds is 16. The number of carbonyl (C=O) groups is 2. The summed E-state index contributed by atoms with van der Waals surface area (Å²) in [5, 5.41) is 5.87. The van der Waals surface area contributed by atoms with Crippen LogP contribution >= 0.6 is 0 Å². The van der Waals surface area contributed by atoms with Gasteiger partial charge in [0.05, 0.1) is 11.7 Å². The van der Waals surface area contributed by atoms with Gasteiger partial charge in [-0.2, -0.15) is 0 Å². The summed E-state index contributed by atoms with van der Waals surface area (Å²) in [6.45, 7) is 21.2. The normalized spacial score (nSPS) is 13.9. The lowest BCUT2D eigenvalue weighted by atomic mass is 9.69. The number of pyridine rings is 1. The van der Waals surface area contributed by atoms with Crippen molar-refractivity contribution in [2.24, 2.45) is 16.9 Å². The fourth-order valence-corrected chi connectivity index (χ4v) is 4.82. The summed E-state index contributed by atoms with van der Waals surface area (Å²) < 4.78 is 0. The second-order valence-corrected chi connectivity index (χ2v) is 12.0. The molecule has 0 saturated carbocycles. The molecule has 1 rings (SSSR count). The molecule has 0 fully saturated rings. The number of nitrogens with one attached hydrogen (secondary N) is 2. The number of nitrogens with zero attached hydrogens (tertiary/aromatic N) is 1. The van der Waals surface area contributed by atoms with Gasteiger partial charge in [0.1, 0.15) is 0 Å². The highest BCUT2D eigenvalue weighted by Crippen LogP contribution is 2.41. The van der Waals surface area contributed by atoms with Crippen molar-refractivity contribution in [2.45, 2.75) is 112 Å². The van der Waals surface area contributed by atoms with E-state index in [-0.39, 0.29) is 28.8 Å². The first-order chi connectivity index (χ1) is 18.1. The fraction of sp³-hybridized carbons (Fsp3) is 0.594. The van der Waals surface area contributed by atoms with E-state index in [1.165, 1.54) is 0 Å². The number of nitrogens with two attached hydrogens (primary N) is 2. The molecule has 1 aromatic heterocycles. The van der Waals surface area contributed by atoms with Crippen LogP contribution in [-0.4, -0.2) is 29.5 Å². The summed E-state index contributed by atoms with van der Waals surface area (Å²) in [7, 11) is 0. The summed E-state index contributed by atoms with van der Waals surface area (Å²) in [6.07, 6.45) is 9.05. The molecule has 0 bridgehead atoms. The maximum atomic E-state index is 13.2. The Labute approximate surface area is 237 Å². The van der Waals surface area contributed by atoms with Crippen LogP contribution in [0.1, 0.15) is 116 Å². The molecule has 1 unspecified atom stereocenters. The maximum absolute atomic E-state index is 13.2. The average molecular weight is 540 g/mol. The Bertz CT molecular complexity index is 1040. The lowest BCUT2D eigenvalue weighted by Gasteiger charge is -2.36. The summed E-state index contributed by atoms with van der Waals surface area (Å²) in [4.78, 5) is 30.3. The highest BCUT2D eigenvalue weighted by Gasteiger charge is 2.33. The van der Waals surface area contributed by atoms with Crippen molar-refractivity contribution in [1.29, 1.82) is 0 Å². The molecule has 0 aliphatic heterocycles. The summed E-state index contributed by atoms with van der Waals surface area (Å²) in [5.41, 5.74) is 16.2. The highest BCUT2D eigenvalue weighted by molar-refractivity contribution is 5.97. The Balaban J connectivity index is 3.07. The van der Waals surface area contributed by atoms with Crippen LogP contribution in [0.3, 0.4) is 0 Å². The number of carbonyl (C=O) groups excluding carboxylic acids is 2. The van der Waals surface area contributed by atoms with Crippen molar-refractivity contribution in [3.63, 3.8) is 0 Å². The first-order valence-corrected chi connectivity index (χ1v) is 14.3. The molecule has 0 aromatic carbocycles. The first-order valence-electron chi connectivity index (χ1n) is 14.3. The van der Waals surface area contributed by atoms with Gasteiger partial charge in [-0.3, -0.25) is 14.6 Å². The molecule has 1 aromatic rings. The van der Waals surface area contributed by atoms with Gasteiger partial charge in [0, 0.05) is 35.1 Å². The standard InChI is InChI=1S/C32H53N5O2/c1-10-13-22(3)26(30(39)37-28(34)14-11-2)19-23(4)31(6,7)21-32(8,9)27-17-16-25(20-36-27)29(38)35-18-12-15-24(5)33/h16-17,19-20,28H,5,10-15,18,21,33-34H2,1-4,6-9H3,(H,35,38)(H,37,39)/b23-19+,26-22+. The minimum absolute atomic E-state index is 0.111. The zero-order valence-electron chi connectivity index (χ0n) is 25.7. The van der Waals surface area contributed by atoms with E-state index in [4.69, 9.17) is 11.5 Å². The Morgan fingerprint density at radius 3 is 2.31 bits per heavy atom. The second-order valence-electron chi connectivity index (χ2n) is 12.0. The van der Waals surface area contributed by atoms with E-state index in [1.54, 1.807) is 6.20 Å². The third-order valence-electron chi connectivity index (χ3n) is 7.24. The molecule has 1 heterocycles. The highest BCUT2D eigenvalue weighted by atomic mass is 16.2. The third-order valence-corrected chi connectivity index (χ3v) is 7.24. The van der Waals surface area contributed by atoms with Crippen LogP contribution < -0.4 is 22.1 Å². The Morgan fingerprint density at radius 2 is 1.77 bits per heavy atom. The SMILES string of the molecule is C=C(N)CCCNC(=O)c1ccc(C(C)(C)CC(C)(C)/C(C)=C/C(C(=O)NC(N)CCC)=C(/C)CCC)nc1. The van der Waals surface area contributed by atoms with Gasteiger partial charge in [-0.1, -0.05) is 78.2 Å². The third kappa shape index (κ3) is 11.4. The molecule has 39 heavy (non-hydrogen) atoms. The molecule has 2 amide bonds. The molecule has 218 valence electrons. The monoisotopic (exact) mass is 539 g/mol. The molecule has 7 heteroatoms. The zero-order valence-corrected chi connectivity index (χ0v) is 25.7. The van der Waals surface area contributed by atoms with Crippen molar-refractivity contribution in [3.8, 4) is 0 Å².